The van der Waals surface area contributed by atoms with Crippen molar-refractivity contribution in [2.24, 2.45) is 0 Å². The number of anilines is 1. The fraction of sp³-hybridized carbons (Fsp3) is 0.174. The van der Waals surface area contributed by atoms with Crippen LogP contribution in [-0.2, 0) is 16.1 Å². The molecule has 2 aromatic carbocycles. The van der Waals surface area contributed by atoms with E-state index in [1.54, 1.807) is 46.6 Å². The molecule has 0 aliphatic heterocycles. The van der Waals surface area contributed by atoms with Gasteiger partial charge in [0.2, 0.25) is 5.95 Å². The molecule has 0 radical (unpaired) electrons. The van der Waals surface area contributed by atoms with Gasteiger partial charge in [0.05, 0.1) is 18.3 Å². The molecule has 0 spiro atoms. The van der Waals surface area contributed by atoms with E-state index in [0.29, 0.717) is 12.2 Å². The molecule has 33 heavy (non-hydrogen) atoms. The summed E-state index contributed by atoms with van der Waals surface area (Å²) in [5.74, 6) is -1.61. The van der Waals surface area contributed by atoms with Crippen LogP contribution in [-0.4, -0.2) is 36.1 Å². The lowest BCUT2D eigenvalue weighted by Gasteiger charge is -2.14. The molecule has 3 N–H and O–H groups in total. The van der Waals surface area contributed by atoms with Crippen molar-refractivity contribution in [2.75, 3.05) is 5.32 Å². The quantitative estimate of drug-likeness (QED) is 0.391. The van der Waals surface area contributed by atoms with Crippen LogP contribution in [0.1, 0.15) is 29.8 Å². The summed E-state index contributed by atoms with van der Waals surface area (Å²) in [5.41, 5.74) is 3.08. The Bertz CT molecular complexity index is 1320. The third-order valence-corrected chi connectivity index (χ3v) is 5.11. The van der Waals surface area contributed by atoms with Gasteiger partial charge in [-0.05, 0) is 37.1 Å². The van der Waals surface area contributed by atoms with Gasteiger partial charge in [-0.1, -0.05) is 42.5 Å². The molecule has 1 atom stereocenters. The number of imidazole rings is 1. The Morgan fingerprint density at radius 3 is 2.45 bits per heavy atom. The van der Waals surface area contributed by atoms with Crippen molar-refractivity contribution in [1.82, 2.24) is 29.6 Å². The highest BCUT2D eigenvalue weighted by Crippen LogP contribution is 2.16. The van der Waals surface area contributed by atoms with E-state index in [-0.39, 0.29) is 11.6 Å². The Hall–Kier alpha value is -4.47. The second-order valence-electron chi connectivity index (χ2n) is 7.56. The summed E-state index contributed by atoms with van der Waals surface area (Å²) in [4.78, 5) is 43.2. The second kappa shape index (κ2) is 9.35. The third kappa shape index (κ3) is 5.06. The predicted octanol–water partition coefficient (Wildman–Crippen LogP) is 1.93. The summed E-state index contributed by atoms with van der Waals surface area (Å²) in [7, 11) is 0. The number of amides is 2. The Kier molecular flexibility index (Phi) is 6.16. The van der Waals surface area contributed by atoms with E-state index in [1.165, 1.54) is 6.33 Å². The summed E-state index contributed by atoms with van der Waals surface area (Å²) in [6, 6.07) is 16.4. The number of hydrogen-bond donors (Lipinski definition) is 3. The monoisotopic (exact) mass is 445 g/mol. The highest BCUT2D eigenvalue weighted by molar-refractivity contribution is 6.39. The lowest BCUT2D eigenvalue weighted by Crippen LogP contribution is -2.37. The second-order valence-corrected chi connectivity index (χ2v) is 7.56. The first-order valence-electron chi connectivity index (χ1n) is 10.3. The first-order chi connectivity index (χ1) is 15.9. The van der Waals surface area contributed by atoms with Crippen LogP contribution < -0.4 is 16.3 Å². The molecule has 2 amide bonds. The van der Waals surface area contributed by atoms with Crippen LogP contribution in [0.3, 0.4) is 0 Å². The molecule has 2 aromatic heterocycles. The molecule has 0 bridgehead atoms. The summed E-state index contributed by atoms with van der Waals surface area (Å²) >= 11 is 0. The van der Waals surface area contributed by atoms with Gasteiger partial charge in [0.15, 0.2) is 0 Å². The molecule has 10 nitrogen and oxygen atoms in total. The Balaban J connectivity index is 1.34. The zero-order valence-electron chi connectivity index (χ0n) is 18.1. The molecule has 0 saturated heterocycles. The van der Waals surface area contributed by atoms with Gasteiger partial charge >= 0.3 is 17.5 Å². The van der Waals surface area contributed by atoms with Crippen LogP contribution in [0, 0.1) is 6.92 Å². The number of carbonyl (C=O) groups is 2. The average molecular weight is 445 g/mol. The van der Waals surface area contributed by atoms with Crippen LogP contribution in [0.15, 0.2) is 71.9 Å². The SMILES string of the molecule is Cc1c[nH]c(=O)n1-c1ccc(C(C)NC(=O)C(=O)Nc2ncn(Cc3ccccc3)n2)cc1. The average Bonchev–Trinajstić information content (AvgIpc) is 3.39. The topological polar surface area (TPSA) is 127 Å². The van der Waals surface area contributed by atoms with Crippen LogP contribution in [0.25, 0.3) is 5.69 Å². The van der Waals surface area contributed by atoms with Gasteiger partial charge in [-0.2, -0.15) is 0 Å². The maximum Gasteiger partial charge on any atom is 0.330 e. The van der Waals surface area contributed by atoms with Gasteiger partial charge < -0.3 is 10.3 Å². The lowest BCUT2D eigenvalue weighted by molar-refractivity contribution is -0.136. The number of nitrogens with zero attached hydrogens (tertiary/aromatic N) is 4. The molecule has 168 valence electrons. The minimum atomic E-state index is -0.856. The van der Waals surface area contributed by atoms with Crippen molar-refractivity contribution in [1.29, 1.82) is 0 Å². The summed E-state index contributed by atoms with van der Waals surface area (Å²) in [5, 5.41) is 9.24. The standard InChI is InChI=1S/C23H23N7O3/c1-15-12-24-23(33)30(15)19-10-8-18(9-11-19)16(2)26-20(31)21(32)27-22-25-14-29(28-22)13-17-6-4-3-5-7-17/h3-12,14,16H,13H2,1-2H3,(H,24,33)(H,26,31)(H,27,28,32). The van der Waals surface area contributed by atoms with Gasteiger partial charge in [-0.15, -0.1) is 5.10 Å². The largest absolute Gasteiger partial charge is 0.341 e. The lowest BCUT2D eigenvalue weighted by atomic mass is 10.1. The highest BCUT2D eigenvalue weighted by Gasteiger charge is 2.19. The normalized spacial score (nSPS) is 11.7. The van der Waals surface area contributed by atoms with E-state index in [2.05, 4.69) is 25.7 Å². The maximum atomic E-state index is 12.3. The van der Waals surface area contributed by atoms with E-state index in [4.69, 9.17) is 0 Å². The third-order valence-electron chi connectivity index (χ3n) is 5.11. The molecular formula is C23H23N7O3. The minimum Gasteiger partial charge on any atom is -0.341 e. The van der Waals surface area contributed by atoms with Crippen molar-refractivity contribution < 1.29 is 9.59 Å². The van der Waals surface area contributed by atoms with Gasteiger partial charge in [-0.25, -0.2) is 14.5 Å². The smallest absolute Gasteiger partial charge is 0.330 e. The first-order valence-corrected chi connectivity index (χ1v) is 10.3. The van der Waals surface area contributed by atoms with Crippen molar-refractivity contribution in [2.45, 2.75) is 26.4 Å². The van der Waals surface area contributed by atoms with E-state index < -0.39 is 17.9 Å². The highest BCUT2D eigenvalue weighted by atomic mass is 16.2. The number of carbonyl (C=O) groups excluding carboxylic acids is 2. The van der Waals surface area contributed by atoms with Crippen LogP contribution in [0.2, 0.25) is 0 Å². The number of benzene rings is 2. The fourth-order valence-corrected chi connectivity index (χ4v) is 3.39. The summed E-state index contributed by atoms with van der Waals surface area (Å²) in [6.45, 7) is 4.09. The molecule has 4 aromatic rings. The molecule has 0 aliphatic carbocycles. The maximum absolute atomic E-state index is 12.3. The van der Waals surface area contributed by atoms with E-state index in [0.717, 1.165) is 16.8 Å². The van der Waals surface area contributed by atoms with Crippen molar-refractivity contribution in [3.63, 3.8) is 0 Å². The van der Waals surface area contributed by atoms with E-state index >= 15 is 0 Å². The zero-order valence-corrected chi connectivity index (χ0v) is 18.1. The predicted molar refractivity (Wildman–Crippen MR) is 122 cm³/mol. The summed E-state index contributed by atoms with van der Waals surface area (Å²) < 4.78 is 3.12. The van der Waals surface area contributed by atoms with Gasteiger partial charge in [0, 0.05) is 11.9 Å². The molecule has 0 saturated carbocycles. The molecule has 0 fully saturated rings. The van der Waals surface area contributed by atoms with Gasteiger partial charge in [-0.3, -0.25) is 19.5 Å². The van der Waals surface area contributed by atoms with Crippen molar-refractivity contribution >= 4 is 17.8 Å². The van der Waals surface area contributed by atoms with Gasteiger partial charge in [0.25, 0.3) is 0 Å². The molecule has 0 aliphatic rings. The molecular weight excluding hydrogens is 422 g/mol. The van der Waals surface area contributed by atoms with Crippen molar-refractivity contribution in [3.8, 4) is 5.69 Å². The zero-order chi connectivity index (χ0) is 23.4. The fourth-order valence-electron chi connectivity index (χ4n) is 3.39. The Morgan fingerprint density at radius 2 is 1.79 bits per heavy atom. The summed E-state index contributed by atoms with van der Waals surface area (Å²) in [6.07, 6.45) is 3.12. The van der Waals surface area contributed by atoms with E-state index in [1.807, 2.05) is 37.3 Å². The number of hydrogen-bond acceptors (Lipinski definition) is 5. The van der Waals surface area contributed by atoms with E-state index in [9.17, 15) is 14.4 Å². The van der Waals surface area contributed by atoms with Crippen LogP contribution in [0.5, 0.6) is 0 Å². The van der Waals surface area contributed by atoms with Crippen LogP contribution >= 0.6 is 0 Å². The molecule has 10 heteroatoms. The van der Waals surface area contributed by atoms with Gasteiger partial charge in [0.1, 0.15) is 6.33 Å². The molecule has 1 unspecified atom stereocenters. The first kappa shape index (κ1) is 21.8. The number of rotatable bonds is 6. The number of aromatic amines is 1. The minimum absolute atomic E-state index is 0.0513. The van der Waals surface area contributed by atoms with Crippen LogP contribution in [0.4, 0.5) is 5.95 Å². The number of aryl methyl sites for hydroxylation is 1. The van der Waals surface area contributed by atoms with Crippen molar-refractivity contribution in [3.05, 3.63) is 94.4 Å². The molecule has 2 heterocycles. The number of nitrogens with one attached hydrogen (secondary N) is 3. The number of aromatic nitrogens is 5. The molecule has 4 rings (SSSR count). The Labute approximate surface area is 189 Å². The Morgan fingerprint density at radius 1 is 1.06 bits per heavy atom. The number of H-pyrrole nitrogens is 1.